The number of para-hydroxylation sites is 2. The van der Waals surface area contributed by atoms with Crippen LogP contribution >= 0.6 is 11.3 Å². The van der Waals surface area contributed by atoms with Crippen LogP contribution in [0.1, 0.15) is 16.1 Å². The molecule has 0 radical (unpaired) electrons. The third kappa shape index (κ3) is 4.28. The number of anilines is 3. The Balaban J connectivity index is 1.66. The molecule has 0 unspecified atom stereocenters. The van der Waals surface area contributed by atoms with Crippen LogP contribution in [0.15, 0.2) is 95.2 Å². The van der Waals surface area contributed by atoms with Crippen LogP contribution in [0, 0.1) is 6.92 Å². The summed E-state index contributed by atoms with van der Waals surface area (Å²) in [5, 5.41) is 2.44. The first-order valence-electron chi connectivity index (χ1n) is 9.83. The van der Waals surface area contributed by atoms with E-state index in [0.717, 1.165) is 5.69 Å². The van der Waals surface area contributed by atoms with Gasteiger partial charge < -0.3 is 0 Å². The Bertz CT molecular complexity index is 1320. The van der Waals surface area contributed by atoms with Crippen LogP contribution in [-0.2, 0) is 10.0 Å². The molecule has 0 saturated carbocycles. The third-order valence-electron chi connectivity index (χ3n) is 4.90. The van der Waals surface area contributed by atoms with Crippen molar-refractivity contribution in [3.8, 4) is 0 Å². The number of hydrogen-bond donors (Lipinski definition) is 0. The lowest BCUT2D eigenvalue weighted by molar-refractivity contribution is 0.0999. The summed E-state index contributed by atoms with van der Waals surface area (Å²) in [4.78, 5) is 19.5. The van der Waals surface area contributed by atoms with Crippen molar-refractivity contribution in [3.05, 3.63) is 102 Å². The topological polar surface area (TPSA) is 70.6 Å². The van der Waals surface area contributed by atoms with Crippen LogP contribution in [0.25, 0.3) is 0 Å². The van der Waals surface area contributed by atoms with Crippen molar-refractivity contribution >= 4 is 43.8 Å². The van der Waals surface area contributed by atoms with E-state index in [1.807, 2.05) is 48.7 Å². The van der Waals surface area contributed by atoms with E-state index < -0.39 is 10.0 Å². The van der Waals surface area contributed by atoms with Gasteiger partial charge in [-0.15, -0.1) is 11.3 Å². The van der Waals surface area contributed by atoms with Gasteiger partial charge in [-0.2, -0.15) is 0 Å². The van der Waals surface area contributed by atoms with Crippen molar-refractivity contribution in [2.24, 2.45) is 0 Å². The van der Waals surface area contributed by atoms with Gasteiger partial charge in [-0.05, 0) is 55.5 Å². The van der Waals surface area contributed by atoms with Crippen LogP contribution in [-0.4, -0.2) is 26.4 Å². The molecule has 0 bridgehead atoms. The number of thiazole rings is 1. The number of rotatable bonds is 6. The summed E-state index contributed by atoms with van der Waals surface area (Å²) in [6.45, 7) is 1.87. The Hall–Kier alpha value is -3.49. The zero-order chi connectivity index (χ0) is 22.7. The minimum Gasteiger partial charge on any atom is -0.269 e. The molecule has 0 spiro atoms. The molecule has 1 heterocycles. The second-order valence-electron chi connectivity index (χ2n) is 7.08. The zero-order valence-corrected chi connectivity index (χ0v) is 19.2. The summed E-state index contributed by atoms with van der Waals surface area (Å²) >= 11 is 1.38. The highest BCUT2D eigenvalue weighted by Crippen LogP contribution is 2.30. The first kappa shape index (κ1) is 21.7. The van der Waals surface area contributed by atoms with Crippen LogP contribution in [0.5, 0.6) is 0 Å². The Morgan fingerprint density at radius 3 is 1.94 bits per heavy atom. The van der Waals surface area contributed by atoms with Gasteiger partial charge >= 0.3 is 0 Å². The summed E-state index contributed by atoms with van der Waals surface area (Å²) in [6, 6.07) is 24.1. The molecule has 162 valence electrons. The first-order chi connectivity index (χ1) is 15.4. The second kappa shape index (κ2) is 8.94. The van der Waals surface area contributed by atoms with Gasteiger partial charge in [-0.25, -0.2) is 13.4 Å². The quantitative estimate of drug-likeness (QED) is 0.391. The summed E-state index contributed by atoms with van der Waals surface area (Å²) in [6.07, 6.45) is 0. The normalized spacial score (nSPS) is 11.2. The van der Waals surface area contributed by atoms with Crippen LogP contribution in [0.4, 0.5) is 16.5 Å². The number of hydrogen-bond acceptors (Lipinski definition) is 5. The summed E-state index contributed by atoms with van der Waals surface area (Å²) in [5.41, 5.74) is 2.43. The van der Waals surface area contributed by atoms with Gasteiger partial charge in [-0.3, -0.25) is 14.0 Å². The Morgan fingerprint density at radius 1 is 0.844 bits per heavy atom. The third-order valence-corrected chi connectivity index (χ3v) is 7.64. The fourth-order valence-corrected chi connectivity index (χ4v) is 5.18. The number of aryl methyl sites for hydroxylation is 1. The van der Waals surface area contributed by atoms with E-state index in [1.54, 1.807) is 24.3 Å². The van der Waals surface area contributed by atoms with E-state index in [2.05, 4.69) is 4.98 Å². The number of carbonyl (C=O) groups excluding carboxylic acids is 1. The van der Waals surface area contributed by atoms with Gasteiger partial charge in [0.15, 0.2) is 5.13 Å². The number of amides is 1. The molecular formula is C24H21N3O3S2. The van der Waals surface area contributed by atoms with Crippen LogP contribution in [0.2, 0.25) is 0 Å². The zero-order valence-electron chi connectivity index (χ0n) is 17.5. The molecule has 8 heteroatoms. The summed E-state index contributed by atoms with van der Waals surface area (Å²) < 4.78 is 27.3. The minimum absolute atomic E-state index is 0.108. The maximum Gasteiger partial charge on any atom is 0.264 e. The van der Waals surface area contributed by atoms with Crippen molar-refractivity contribution in [1.82, 2.24) is 4.98 Å². The van der Waals surface area contributed by atoms with Crippen molar-refractivity contribution in [1.29, 1.82) is 0 Å². The first-order valence-corrected chi connectivity index (χ1v) is 12.2. The molecule has 0 aliphatic rings. The highest BCUT2D eigenvalue weighted by atomic mass is 32.2. The smallest absolute Gasteiger partial charge is 0.264 e. The Labute approximate surface area is 191 Å². The largest absolute Gasteiger partial charge is 0.269 e. The highest BCUT2D eigenvalue weighted by Gasteiger charge is 2.25. The predicted molar refractivity (Wildman–Crippen MR) is 128 cm³/mol. The number of carbonyl (C=O) groups is 1. The van der Waals surface area contributed by atoms with Gasteiger partial charge in [0.05, 0.1) is 22.0 Å². The molecule has 1 aromatic heterocycles. The lowest BCUT2D eigenvalue weighted by Gasteiger charge is -2.21. The number of nitrogens with zero attached hydrogens (tertiary/aromatic N) is 3. The van der Waals surface area contributed by atoms with Crippen molar-refractivity contribution in [3.63, 3.8) is 0 Å². The molecule has 4 rings (SSSR count). The number of benzene rings is 3. The molecule has 0 N–H and O–H groups in total. The molecule has 0 atom stereocenters. The fraction of sp³-hybridized carbons (Fsp3) is 0.0833. The molecule has 4 aromatic rings. The molecule has 6 nitrogen and oxygen atoms in total. The van der Waals surface area contributed by atoms with Crippen LogP contribution < -0.4 is 9.21 Å². The van der Waals surface area contributed by atoms with E-state index in [4.69, 9.17) is 0 Å². The Kier molecular flexibility index (Phi) is 6.07. The lowest BCUT2D eigenvalue weighted by atomic mass is 10.2. The average molecular weight is 464 g/mol. The molecule has 32 heavy (non-hydrogen) atoms. The van der Waals surface area contributed by atoms with E-state index in [0.29, 0.717) is 22.1 Å². The van der Waals surface area contributed by atoms with E-state index in [9.17, 15) is 13.2 Å². The highest BCUT2D eigenvalue weighted by molar-refractivity contribution is 7.92. The van der Waals surface area contributed by atoms with Gasteiger partial charge in [0.1, 0.15) is 0 Å². The number of aromatic nitrogens is 1. The van der Waals surface area contributed by atoms with Crippen molar-refractivity contribution in [2.45, 2.75) is 11.8 Å². The maximum absolute atomic E-state index is 13.4. The van der Waals surface area contributed by atoms with Gasteiger partial charge in [0.25, 0.3) is 15.9 Å². The molecule has 0 aliphatic heterocycles. The van der Waals surface area contributed by atoms with Gasteiger partial charge in [-0.1, -0.05) is 36.4 Å². The summed E-state index contributed by atoms with van der Waals surface area (Å²) in [7, 11) is -2.25. The fourth-order valence-electron chi connectivity index (χ4n) is 3.17. The standard InChI is InChI=1S/C24H21N3O3S2/c1-18-17-31-24(25-18)27(21-11-7-4-8-12-21)23(28)19-13-15-22(16-14-19)32(29,30)26(2)20-9-5-3-6-10-20/h3-17H,1-2H3. The summed E-state index contributed by atoms with van der Waals surface area (Å²) in [5.74, 6) is -0.286. The molecule has 0 aliphatic carbocycles. The lowest BCUT2D eigenvalue weighted by Crippen LogP contribution is -2.27. The maximum atomic E-state index is 13.4. The Morgan fingerprint density at radius 2 is 1.41 bits per heavy atom. The van der Waals surface area contributed by atoms with Crippen LogP contribution in [0.3, 0.4) is 0 Å². The predicted octanol–water partition coefficient (Wildman–Crippen LogP) is 5.26. The molecule has 0 fully saturated rings. The van der Waals surface area contributed by atoms with E-state index in [1.165, 1.54) is 51.9 Å². The monoisotopic (exact) mass is 463 g/mol. The van der Waals surface area contributed by atoms with Crippen molar-refractivity contribution in [2.75, 3.05) is 16.3 Å². The van der Waals surface area contributed by atoms with E-state index >= 15 is 0 Å². The SMILES string of the molecule is Cc1csc(N(C(=O)c2ccc(S(=O)(=O)N(C)c3ccccc3)cc2)c2ccccc2)n1. The van der Waals surface area contributed by atoms with Gasteiger partial charge in [0, 0.05) is 18.0 Å². The number of sulfonamides is 1. The molecule has 3 aromatic carbocycles. The molecule has 1 amide bonds. The van der Waals surface area contributed by atoms with E-state index in [-0.39, 0.29) is 10.8 Å². The molecule has 0 saturated heterocycles. The van der Waals surface area contributed by atoms with Gasteiger partial charge in [0.2, 0.25) is 0 Å². The average Bonchev–Trinajstić information content (AvgIpc) is 3.25. The minimum atomic E-state index is -3.76. The van der Waals surface area contributed by atoms with Crippen molar-refractivity contribution < 1.29 is 13.2 Å². The second-order valence-corrected chi connectivity index (χ2v) is 9.89. The molecular weight excluding hydrogens is 442 g/mol.